The van der Waals surface area contributed by atoms with Crippen LogP contribution in [0.2, 0.25) is 0 Å². The Balaban J connectivity index is 1.14. The van der Waals surface area contributed by atoms with Crippen LogP contribution in [0.15, 0.2) is 91.5 Å². The van der Waals surface area contributed by atoms with Crippen LogP contribution in [0.5, 0.6) is 0 Å². The predicted molar refractivity (Wildman–Crippen MR) is 158 cm³/mol. The molecule has 1 aromatic carbocycles. The van der Waals surface area contributed by atoms with E-state index in [0.29, 0.717) is 23.7 Å². The van der Waals surface area contributed by atoms with E-state index >= 15 is 0 Å². The zero-order valence-electron chi connectivity index (χ0n) is 22.3. The SMILES string of the molecule is Nc1ncccc1-c1nc2ccc(-n3cccn3)nc2n1-c1ccc2c(c1)CC[C@@H]2NC1CN(c2ccccn2)C1. The number of hydrogen-bond donors (Lipinski definition) is 2. The number of nitrogens with zero attached hydrogens (tertiary/aromatic N) is 8. The van der Waals surface area contributed by atoms with Crippen molar-refractivity contribution in [2.75, 3.05) is 23.7 Å². The molecule has 0 radical (unpaired) electrons. The van der Waals surface area contributed by atoms with Crippen LogP contribution in [-0.4, -0.2) is 53.4 Å². The zero-order valence-corrected chi connectivity index (χ0v) is 22.3. The van der Waals surface area contributed by atoms with E-state index in [4.69, 9.17) is 15.7 Å². The predicted octanol–water partition coefficient (Wildman–Crippen LogP) is 4.11. The van der Waals surface area contributed by atoms with Crippen LogP contribution in [0, 0.1) is 0 Å². The van der Waals surface area contributed by atoms with E-state index in [1.54, 1.807) is 17.1 Å². The molecule has 10 heteroatoms. The van der Waals surface area contributed by atoms with Gasteiger partial charge in [-0.3, -0.25) is 4.57 Å². The molecule has 1 fully saturated rings. The minimum atomic E-state index is 0.340. The van der Waals surface area contributed by atoms with Crippen LogP contribution < -0.4 is 16.0 Å². The Labute approximate surface area is 236 Å². The molecular formula is C31H28N10. The lowest BCUT2D eigenvalue weighted by atomic mass is 10.0. The number of fused-ring (bicyclic) bond motifs is 2. The van der Waals surface area contributed by atoms with Crippen molar-refractivity contribution in [1.29, 1.82) is 0 Å². The molecule has 1 aliphatic heterocycles. The van der Waals surface area contributed by atoms with Crippen molar-refractivity contribution in [3.63, 3.8) is 0 Å². The van der Waals surface area contributed by atoms with Crippen molar-refractivity contribution in [1.82, 2.24) is 39.6 Å². The Morgan fingerprint density at radius 1 is 0.854 bits per heavy atom. The number of nitrogen functional groups attached to an aromatic ring is 1. The summed E-state index contributed by atoms with van der Waals surface area (Å²) in [5.41, 5.74) is 12.3. The maximum atomic E-state index is 6.33. The van der Waals surface area contributed by atoms with Gasteiger partial charge in [0.2, 0.25) is 0 Å². The largest absolute Gasteiger partial charge is 0.383 e. The molecular weight excluding hydrogens is 512 g/mol. The van der Waals surface area contributed by atoms with E-state index in [1.165, 1.54) is 11.1 Å². The smallest absolute Gasteiger partial charge is 0.167 e. The molecule has 0 unspecified atom stereocenters. The van der Waals surface area contributed by atoms with Crippen molar-refractivity contribution in [2.45, 2.75) is 24.9 Å². The van der Waals surface area contributed by atoms with Gasteiger partial charge in [-0.25, -0.2) is 24.6 Å². The lowest BCUT2D eigenvalue weighted by Crippen LogP contribution is -2.58. The minimum Gasteiger partial charge on any atom is -0.383 e. The van der Waals surface area contributed by atoms with Crippen molar-refractivity contribution in [3.05, 3.63) is 103 Å². The zero-order chi connectivity index (χ0) is 27.3. The highest BCUT2D eigenvalue weighted by Crippen LogP contribution is 2.36. The van der Waals surface area contributed by atoms with E-state index < -0.39 is 0 Å². The first-order valence-corrected chi connectivity index (χ1v) is 13.9. The highest BCUT2D eigenvalue weighted by atomic mass is 15.3. The topological polar surface area (TPSA) is 116 Å². The van der Waals surface area contributed by atoms with Gasteiger partial charge in [0.25, 0.3) is 0 Å². The molecule has 1 aliphatic carbocycles. The lowest BCUT2D eigenvalue weighted by Gasteiger charge is -2.42. The molecule has 6 aromatic rings. The second-order valence-electron chi connectivity index (χ2n) is 10.6. The summed E-state index contributed by atoms with van der Waals surface area (Å²) in [6.45, 7) is 1.95. The van der Waals surface area contributed by atoms with Crippen LogP contribution in [0.4, 0.5) is 11.6 Å². The van der Waals surface area contributed by atoms with Crippen molar-refractivity contribution < 1.29 is 0 Å². The van der Waals surface area contributed by atoms with Gasteiger partial charge in [-0.2, -0.15) is 5.10 Å². The Bertz CT molecular complexity index is 1860. The van der Waals surface area contributed by atoms with E-state index in [1.807, 2.05) is 54.9 Å². The molecule has 10 nitrogen and oxygen atoms in total. The van der Waals surface area contributed by atoms with Gasteiger partial charge in [-0.05, 0) is 78.6 Å². The van der Waals surface area contributed by atoms with Gasteiger partial charge < -0.3 is 16.0 Å². The second kappa shape index (κ2) is 9.53. The maximum absolute atomic E-state index is 6.33. The first kappa shape index (κ1) is 23.8. The summed E-state index contributed by atoms with van der Waals surface area (Å²) in [5.74, 6) is 2.92. The molecule has 2 aliphatic rings. The molecule has 0 bridgehead atoms. The number of nitrogens with one attached hydrogen (secondary N) is 1. The van der Waals surface area contributed by atoms with Crippen LogP contribution in [0.3, 0.4) is 0 Å². The number of anilines is 2. The summed E-state index contributed by atoms with van der Waals surface area (Å²) >= 11 is 0. The number of aromatic nitrogens is 7. The number of nitrogens with two attached hydrogens (primary N) is 1. The van der Waals surface area contributed by atoms with E-state index in [2.05, 4.69) is 54.1 Å². The van der Waals surface area contributed by atoms with Gasteiger partial charge in [-0.1, -0.05) is 12.1 Å². The first-order valence-electron chi connectivity index (χ1n) is 13.9. The fourth-order valence-corrected chi connectivity index (χ4v) is 6.02. The fourth-order valence-electron chi connectivity index (χ4n) is 6.02. The summed E-state index contributed by atoms with van der Waals surface area (Å²) in [6, 6.07) is 23.2. The van der Waals surface area contributed by atoms with E-state index in [0.717, 1.165) is 60.0 Å². The van der Waals surface area contributed by atoms with Gasteiger partial charge in [0.05, 0.1) is 5.56 Å². The van der Waals surface area contributed by atoms with Crippen LogP contribution in [0.1, 0.15) is 23.6 Å². The molecule has 0 spiro atoms. The summed E-state index contributed by atoms with van der Waals surface area (Å²) in [4.78, 5) is 21.1. The van der Waals surface area contributed by atoms with E-state index in [9.17, 15) is 0 Å². The van der Waals surface area contributed by atoms with Gasteiger partial charge in [-0.15, -0.1) is 0 Å². The number of imidazole rings is 1. The normalized spacial score (nSPS) is 16.7. The Morgan fingerprint density at radius 3 is 2.61 bits per heavy atom. The van der Waals surface area contributed by atoms with Crippen LogP contribution in [-0.2, 0) is 6.42 Å². The third-order valence-electron chi connectivity index (χ3n) is 8.06. The molecule has 5 aromatic heterocycles. The number of aryl methyl sites for hydroxylation is 1. The van der Waals surface area contributed by atoms with Crippen molar-refractivity contribution >= 4 is 22.8 Å². The highest BCUT2D eigenvalue weighted by molar-refractivity contribution is 5.83. The third kappa shape index (κ3) is 4.11. The average Bonchev–Trinajstić information content (AvgIpc) is 3.74. The number of benzene rings is 1. The van der Waals surface area contributed by atoms with Gasteiger partial charge in [0.15, 0.2) is 17.3 Å². The van der Waals surface area contributed by atoms with Gasteiger partial charge in [0.1, 0.15) is 17.2 Å². The maximum Gasteiger partial charge on any atom is 0.167 e. The molecule has 202 valence electrons. The molecule has 6 heterocycles. The van der Waals surface area contributed by atoms with Crippen LogP contribution in [0.25, 0.3) is 34.1 Å². The third-order valence-corrected chi connectivity index (χ3v) is 8.06. The average molecular weight is 541 g/mol. The molecule has 0 saturated carbocycles. The Hall–Kier alpha value is -5.09. The number of rotatable bonds is 6. The van der Waals surface area contributed by atoms with Crippen molar-refractivity contribution in [2.24, 2.45) is 0 Å². The van der Waals surface area contributed by atoms with E-state index in [-0.39, 0.29) is 0 Å². The summed E-state index contributed by atoms with van der Waals surface area (Å²) < 4.78 is 3.84. The summed E-state index contributed by atoms with van der Waals surface area (Å²) in [6.07, 6.45) is 9.27. The van der Waals surface area contributed by atoms with Gasteiger partial charge in [0, 0.05) is 55.6 Å². The monoisotopic (exact) mass is 540 g/mol. The quantitative estimate of drug-likeness (QED) is 0.324. The van der Waals surface area contributed by atoms with Gasteiger partial charge >= 0.3 is 0 Å². The molecule has 8 rings (SSSR count). The highest BCUT2D eigenvalue weighted by Gasteiger charge is 2.32. The molecule has 0 amide bonds. The Morgan fingerprint density at radius 2 is 1.78 bits per heavy atom. The second-order valence-corrected chi connectivity index (χ2v) is 10.6. The standard InChI is InChI=1S/C31H28N10/c32-29-24(5-3-14-34-29)30-37-26-11-12-28(40-16-4-15-35-40)38-31(26)41(30)22-8-9-23-20(17-22)7-10-25(23)36-21-18-39(19-21)27-6-1-2-13-33-27/h1-6,8-9,11-17,21,25,36H,7,10,18-19H2,(H2,32,34)/t25-/m0/s1. The number of hydrogen-bond acceptors (Lipinski definition) is 8. The molecule has 3 N–H and O–H groups in total. The lowest BCUT2D eigenvalue weighted by molar-refractivity contribution is 0.367. The molecule has 1 atom stereocenters. The van der Waals surface area contributed by atoms with Crippen molar-refractivity contribution in [3.8, 4) is 22.9 Å². The molecule has 1 saturated heterocycles. The minimum absolute atomic E-state index is 0.340. The molecule has 41 heavy (non-hydrogen) atoms. The van der Waals surface area contributed by atoms with Crippen LogP contribution >= 0.6 is 0 Å². The fraction of sp³-hybridized carbons (Fsp3) is 0.194. The summed E-state index contributed by atoms with van der Waals surface area (Å²) in [7, 11) is 0. The Kier molecular flexibility index (Phi) is 5.52. The number of pyridine rings is 3. The summed E-state index contributed by atoms with van der Waals surface area (Å²) in [5, 5.41) is 8.26. The first-order chi connectivity index (χ1) is 20.2.